The number of ether oxygens (including phenoxy) is 12. The molecule has 0 N–H and O–H groups in total. The van der Waals surface area contributed by atoms with Crippen LogP contribution in [0.1, 0.15) is 196 Å². The Balaban J connectivity index is 0.000000265. The van der Waals surface area contributed by atoms with Crippen LogP contribution in [0.15, 0.2) is 72.8 Å². The van der Waals surface area contributed by atoms with Gasteiger partial charge in [-0.25, -0.2) is 28.8 Å². The third-order valence-corrected chi connectivity index (χ3v) is 13.2. The largest absolute Gasteiger partial charge is 0.462 e. The second-order valence-corrected chi connectivity index (χ2v) is 22.3. The van der Waals surface area contributed by atoms with E-state index in [9.17, 15) is 28.8 Å². The highest BCUT2D eigenvalue weighted by molar-refractivity contribution is 5.97. The fraction of sp³-hybridized carbons (Fsp3) is 0.625. The molecule has 0 aliphatic carbocycles. The third-order valence-electron chi connectivity index (χ3n) is 13.2. The van der Waals surface area contributed by atoms with E-state index in [0.29, 0.717) is 117 Å². The van der Waals surface area contributed by atoms with Gasteiger partial charge in [-0.2, -0.15) is 0 Å². The average Bonchev–Trinajstić information content (AvgIpc) is 3.60. The lowest BCUT2D eigenvalue weighted by atomic mass is 9.98. The van der Waals surface area contributed by atoms with Crippen molar-refractivity contribution in [2.24, 2.45) is 29.6 Å². The minimum Gasteiger partial charge on any atom is -0.462 e. The number of hydrogen-bond donors (Lipinski definition) is 0. The molecule has 0 amide bonds. The van der Waals surface area contributed by atoms with Crippen molar-refractivity contribution in [3.63, 3.8) is 0 Å². The summed E-state index contributed by atoms with van der Waals surface area (Å²) < 4.78 is 65.8. The first kappa shape index (κ1) is 68.7. The van der Waals surface area contributed by atoms with Crippen LogP contribution < -0.4 is 0 Å². The molecule has 3 heterocycles. The van der Waals surface area contributed by atoms with Gasteiger partial charge in [0.15, 0.2) is 18.9 Å². The summed E-state index contributed by atoms with van der Waals surface area (Å²) in [5.41, 5.74) is 1.92. The van der Waals surface area contributed by atoms with Gasteiger partial charge in [-0.3, -0.25) is 0 Å². The molecular formula is C64H92O18. The lowest BCUT2D eigenvalue weighted by molar-refractivity contribution is -0.238. The molecule has 456 valence electrons. The monoisotopic (exact) mass is 1150 g/mol. The molecule has 0 radical (unpaired) electrons. The van der Waals surface area contributed by atoms with E-state index in [-0.39, 0.29) is 24.8 Å². The molecule has 0 aromatic heterocycles. The van der Waals surface area contributed by atoms with Gasteiger partial charge in [-0.1, -0.05) is 114 Å². The number of hydrogen-bond acceptors (Lipinski definition) is 18. The maximum Gasteiger partial charge on any atom is 0.338 e. The minimum atomic E-state index is -0.512. The smallest absolute Gasteiger partial charge is 0.338 e. The number of unbranched alkanes of at least 4 members (excludes halogenated alkanes) is 1. The first-order valence-corrected chi connectivity index (χ1v) is 29.4. The Morgan fingerprint density at radius 3 is 1.04 bits per heavy atom. The van der Waals surface area contributed by atoms with E-state index < -0.39 is 54.1 Å². The molecule has 1 unspecified atom stereocenters. The second kappa shape index (κ2) is 37.4. The summed E-state index contributed by atoms with van der Waals surface area (Å²) in [5, 5.41) is 0. The van der Waals surface area contributed by atoms with Gasteiger partial charge in [0, 0.05) is 11.8 Å². The van der Waals surface area contributed by atoms with Crippen LogP contribution in [-0.4, -0.2) is 132 Å². The molecule has 3 aromatic carbocycles. The molecule has 1 atom stereocenters. The molecule has 3 aliphatic heterocycles. The van der Waals surface area contributed by atoms with Gasteiger partial charge in [0.1, 0.15) is 18.3 Å². The first-order valence-electron chi connectivity index (χ1n) is 29.4. The molecule has 3 aromatic rings. The van der Waals surface area contributed by atoms with Crippen molar-refractivity contribution in [2.75, 3.05) is 59.5 Å². The molecule has 3 saturated heterocycles. The van der Waals surface area contributed by atoms with Crippen LogP contribution >= 0.6 is 0 Å². The van der Waals surface area contributed by atoms with Crippen molar-refractivity contribution in [1.29, 1.82) is 0 Å². The molecule has 18 nitrogen and oxygen atoms in total. The Morgan fingerprint density at radius 2 is 0.744 bits per heavy atom. The third kappa shape index (κ3) is 25.4. The number of esters is 6. The van der Waals surface area contributed by atoms with Gasteiger partial charge in [0.25, 0.3) is 0 Å². The van der Waals surface area contributed by atoms with Crippen molar-refractivity contribution >= 4 is 35.8 Å². The highest BCUT2D eigenvalue weighted by Gasteiger charge is 2.31. The van der Waals surface area contributed by atoms with E-state index in [1.165, 1.54) is 18.2 Å². The number of carbonyl (C=O) groups is 6. The van der Waals surface area contributed by atoms with E-state index in [1.54, 1.807) is 54.6 Å². The normalized spacial score (nSPS) is 20.1. The Bertz CT molecular complexity index is 2380. The number of carbonyl (C=O) groups excluding carboxylic acids is 6. The van der Waals surface area contributed by atoms with Crippen LogP contribution in [0.5, 0.6) is 0 Å². The van der Waals surface area contributed by atoms with Gasteiger partial charge < -0.3 is 56.8 Å². The average molecular weight is 1150 g/mol. The predicted molar refractivity (Wildman–Crippen MR) is 306 cm³/mol. The van der Waals surface area contributed by atoms with Crippen LogP contribution in [0.2, 0.25) is 0 Å². The van der Waals surface area contributed by atoms with Crippen LogP contribution in [0.4, 0.5) is 0 Å². The molecule has 0 saturated carbocycles. The Hall–Kier alpha value is -5.76. The molecule has 3 aliphatic rings. The maximum atomic E-state index is 12.5. The zero-order valence-electron chi connectivity index (χ0n) is 50.4. The fourth-order valence-corrected chi connectivity index (χ4v) is 8.18. The first-order chi connectivity index (χ1) is 39.3. The summed E-state index contributed by atoms with van der Waals surface area (Å²) in [6.07, 6.45) is 6.45. The van der Waals surface area contributed by atoms with Crippen LogP contribution in [0, 0.1) is 29.6 Å². The van der Waals surface area contributed by atoms with Crippen LogP contribution in [-0.2, 0) is 56.8 Å². The summed E-state index contributed by atoms with van der Waals surface area (Å²) in [6.45, 7) is 25.7. The van der Waals surface area contributed by atoms with Gasteiger partial charge in [0.05, 0.1) is 92.8 Å². The van der Waals surface area contributed by atoms with Crippen molar-refractivity contribution < 1.29 is 85.6 Å². The van der Waals surface area contributed by atoms with Crippen LogP contribution in [0.25, 0.3) is 0 Å². The van der Waals surface area contributed by atoms with Gasteiger partial charge in [-0.05, 0) is 111 Å². The standard InChI is InChI=1S/C24H36O6.2C20H28O6/c1-5-7-9-18(6-2)24-28-15-21(16-29-24)30-23(26)20-11-8-10-19(14-20)22(25)27-13-12-17(3)4;1-13(2)8-9-23-18(21)15-6-5-7-16(10-15)19(22)26-17-11-24-20(14(3)4)25-12-17;1-4-6-18-24-12-17(13-25-18)26-20(22)16-8-5-7-15(11-16)19(21)23-10-9-14(2)3/h8,10-11,14,17-18,21,24H,5-7,9,12-13,15-16H2,1-4H3;5-7,10,13-14,17,20H,8-9,11-12H2,1-4H3;5,7-8,11,14,17-18H,4,6,9-10,12-13H2,1-3H3. The topological polar surface area (TPSA) is 213 Å². The van der Waals surface area contributed by atoms with Crippen molar-refractivity contribution in [3.05, 3.63) is 106 Å². The quantitative estimate of drug-likeness (QED) is 0.0540. The van der Waals surface area contributed by atoms with E-state index >= 15 is 0 Å². The Kier molecular flexibility index (Phi) is 31.4. The van der Waals surface area contributed by atoms with Crippen molar-refractivity contribution in [2.45, 2.75) is 171 Å². The summed E-state index contributed by atoms with van der Waals surface area (Å²) in [5.74, 6) is -0.856. The fourth-order valence-electron chi connectivity index (χ4n) is 8.18. The van der Waals surface area contributed by atoms with Gasteiger partial charge >= 0.3 is 35.8 Å². The summed E-state index contributed by atoms with van der Waals surface area (Å²) in [7, 11) is 0. The Morgan fingerprint density at radius 1 is 0.427 bits per heavy atom. The highest BCUT2D eigenvalue weighted by Crippen LogP contribution is 2.25. The lowest BCUT2D eigenvalue weighted by Crippen LogP contribution is -2.41. The highest BCUT2D eigenvalue weighted by atomic mass is 16.7. The Labute approximate surface area is 486 Å². The van der Waals surface area contributed by atoms with Gasteiger partial charge in [0.2, 0.25) is 0 Å². The summed E-state index contributed by atoms with van der Waals surface area (Å²) >= 11 is 0. The lowest BCUT2D eigenvalue weighted by Gasteiger charge is -2.33. The maximum absolute atomic E-state index is 12.5. The van der Waals surface area contributed by atoms with Crippen molar-refractivity contribution in [1.82, 2.24) is 0 Å². The number of rotatable bonds is 26. The molecule has 0 spiro atoms. The summed E-state index contributed by atoms with van der Waals surface area (Å²) in [4.78, 5) is 73.5. The zero-order chi connectivity index (χ0) is 60.0. The molecule has 18 heteroatoms. The van der Waals surface area contributed by atoms with Crippen molar-refractivity contribution in [3.8, 4) is 0 Å². The minimum absolute atomic E-state index is 0.223. The molecule has 3 fully saturated rings. The zero-order valence-corrected chi connectivity index (χ0v) is 50.4. The SMILES string of the molecule is CC(C)CCOC(=O)c1cccc(C(=O)OC2COC(C(C)C)OC2)c1.CCCC1OCC(OC(=O)c2cccc(C(=O)OCCC(C)C)c2)CO1.CCCCC(CC)C1OCC(OC(=O)c2cccc(C(=O)OCCC(C)C)c2)CO1. The summed E-state index contributed by atoms with van der Waals surface area (Å²) in [6, 6.07) is 19.1. The van der Waals surface area contributed by atoms with E-state index in [2.05, 4.69) is 62.3 Å². The van der Waals surface area contributed by atoms with E-state index in [4.69, 9.17) is 56.8 Å². The van der Waals surface area contributed by atoms with E-state index in [1.807, 2.05) is 13.8 Å². The van der Waals surface area contributed by atoms with Gasteiger partial charge in [-0.15, -0.1) is 0 Å². The number of benzene rings is 3. The molecule has 82 heavy (non-hydrogen) atoms. The molecule has 0 bridgehead atoms. The second-order valence-electron chi connectivity index (χ2n) is 22.3. The van der Waals surface area contributed by atoms with Crippen LogP contribution in [0.3, 0.4) is 0 Å². The predicted octanol–water partition coefficient (Wildman–Crippen LogP) is 12.0. The molecule has 6 rings (SSSR count). The van der Waals surface area contributed by atoms with E-state index in [0.717, 1.165) is 57.8 Å². The molecular weight excluding hydrogens is 1060 g/mol.